The summed E-state index contributed by atoms with van der Waals surface area (Å²) in [4.78, 5) is 16.3. The highest BCUT2D eigenvalue weighted by atomic mass is 16.5. The van der Waals surface area contributed by atoms with Crippen LogP contribution in [0, 0.1) is 0 Å². The van der Waals surface area contributed by atoms with Crippen LogP contribution in [0.25, 0.3) is 0 Å². The number of benzene rings is 1. The van der Waals surface area contributed by atoms with Gasteiger partial charge in [0.15, 0.2) is 5.78 Å². The average molecular weight is 256 g/mol. The molecule has 2 rings (SSSR count). The number of ether oxygens (including phenoxy) is 1. The van der Waals surface area contributed by atoms with Gasteiger partial charge >= 0.3 is 0 Å². The highest BCUT2D eigenvalue weighted by molar-refractivity contribution is 6.09. The lowest BCUT2D eigenvalue weighted by atomic mass is 10.0. The number of nitrogen functional groups attached to an aromatic ring is 1. The Morgan fingerprint density at radius 3 is 2.84 bits per heavy atom. The third kappa shape index (κ3) is 3.31. The second-order valence-corrected chi connectivity index (χ2v) is 4.21. The Bertz CT molecular complexity index is 582. The fourth-order valence-corrected chi connectivity index (χ4v) is 1.69. The summed E-state index contributed by atoms with van der Waals surface area (Å²) >= 11 is 0. The fraction of sp³-hybridized carbons (Fsp3) is 0.200. The first-order valence-electron chi connectivity index (χ1n) is 6.19. The predicted molar refractivity (Wildman–Crippen MR) is 74.3 cm³/mol. The summed E-state index contributed by atoms with van der Waals surface area (Å²) in [7, 11) is 0. The predicted octanol–water partition coefficient (Wildman–Crippen LogP) is 2.68. The van der Waals surface area contributed by atoms with E-state index in [-0.39, 0.29) is 5.78 Å². The second kappa shape index (κ2) is 6.00. The number of carbonyl (C=O) groups excluding carboxylic acids is 1. The molecular formula is C15H16N2O2. The van der Waals surface area contributed by atoms with Crippen LogP contribution < -0.4 is 10.5 Å². The molecule has 4 nitrogen and oxygen atoms in total. The minimum Gasteiger partial charge on any atom is -0.492 e. The van der Waals surface area contributed by atoms with Gasteiger partial charge in [0, 0.05) is 23.0 Å². The van der Waals surface area contributed by atoms with Crippen LogP contribution in [0.4, 0.5) is 5.69 Å². The first-order valence-corrected chi connectivity index (χ1v) is 6.19. The van der Waals surface area contributed by atoms with E-state index in [1.54, 1.807) is 36.5 Å². The summed E-state index contributed by atoms with van der Waals surface area (Å²) in [5.41, 5.74) is 7.29. The van der Waals surface area contributed by atoms with Gasteiger partial charge in [-0.15, -0.1) is 0 Å². The van der Waals surface area contributed by atoms with Crippen molar-refractivity contribution in [1.82, 2.24) is 4.98 Å². The zero-order valence-electron chi connectivity index (χ0n) is 10.8. The van der Waals surface area contributed by atoms with E-state index < -0.39 is 0 Å². The minimum absolute atomic E-state index is 0.109. The van der Waals surface area contributed by atoms with Crippen molar-refractivity contribution in [2.75, 3.05) is 12.3 Å². The van der Waals surface area contributed by atoms with Crippen molar-refractivity contribution in [1.29, 1.82) is 0 Å². The van der Waals surface area contributed by atoms with Crippen LogP contribution in [-0.4, -0.2) is 17.4 Å². The smallest absolute Gasteiger partial charge is 0.194 e. The number of ketones is 1. The van der Waals surface area contributed by atoms with Gasteiger partial charge < -0.3 is 10.5 Å². The molecule has 0 atom stereocenters. The number of carbonyl (C=O) groups is 1. The summed E-state index contributed by atoms with van der Waals surface area (Å²) in [6.07, 6.45) is 4.05. The molecular weight excluding hydrogens is 240 g/mol. The monoisotopic (exact) mass is 256 g/mol. The van der Waals surface area contributed by atoms with Crippen LogP contribution in [-0.2, 0) is 0 Å². The van der Waals surface area contributed by atoms with Gasteiger partial charge in [-0.2, -0.15) is 0 Å². The number of nitrogens with zero attached hydrogens (tertiary/aromatic N) is 1. The van der Waals surface area contributed by atoms with Gasteiger partial charge in [-0.05, 0) is 24.6 Å². The Morgan fingerprint density at radius 2 is 2.11 bits per heavy atom. The Hall–Kier alpha value is -2.36. The van der Waals surface area contributed by atoms with Crippen molar-refractivity contribution in [2.45, 2.75) is 13.3 Å². The molecule has 2 aromatic rings. The lowest BCUT2D eigenvalue weighted by molar-refractivity contribution is 0.103. The number of rotatable bonds is 5. The number of nitrogens with two attached hydrogens (primary N) is 1. The number of anilines is 1. The van der Waals surface area contributed by atoms with Gasteiger partial charge in [-0.3, -0.25) is 9.78 Å². The molecule has 0 spiro atoms. The van der Waals surface area contributed by atoms with E-state index in [4.69, 9.17) is 10.5 Å². The molecule has 1 aromatic carbocycles. The number of pyridine rings is 1. The number of aromatic nitrogens is 1. The van der Waals surface area contributed by atoms with Crippen molar-refractivity contribution >= 4 is 11.5 Å². The summed E-state index contributed by atoms with van der Waals surface area (Å²) in [5.74, 6) is 0.498. The normalized spacial score (nSPS) is 10.2. The van der Waals surface area contributed by atoms with Crippen molar-refractivity contribution < 1.29 is 9.53 Å². The molecule has 0 saturated heterocycles. The molecule has 0 aliphatic heterocycles. The quantitative estimate of drug-likeness (QED) is 0.659. The van der Waals surface area contributed by atoms with Crippen LogP contribution in [0.15, 0.2) is 42.7 Å². The molecule has 1 aromatic heterocycles. The lowest BCUT2D eigenvalue weighted by Gasteiger charge is -2.06. The summed E-state index contributed by atoms with van der Waals surface area (Å²) in [6, 6.07) is 8.59. The summed E-state index contributed by atoms with van der Waals surface area (Å²) in [6.45, 7) is 2.63. The molecule has 0 fully saturated rings. The highest BCUT2D eigenvalue weighted by Crippen LogP contribution is 2.16. The third-order valence-corrected chi connectivity index (χ3v) is 2.60. The Morgan fingerprint density at radius 1 is 1.26 bits per heavy atom. The molecule has 0 saturated carbocycles. The Balaban J connectivity index is 2.24. The van der Waals surface area contributed by atoms with Gasteiger partial charge in [0.25, 0.3) is 0 Å². The van der Waals surface area contributed by atoms with Gasteiger partial charge in [0.05, 0.1) is 12.8 Å². The van der Waals surface area contributed by atoms with Crippen LogP contribution in [0.5, 0.6) is 5.75 Å². The van der Waals surface area contributed by atoms with E-state index in [0.717, 1.165) is 6.42 Å². The molecule has 19 heavy (non-hydrogen) atoms. The van der Waals surface area contributed by atoms with E-state index in [0.29, 0.717) is 29.2 Å². The largest absolute Gasteiger partial charge is 0.492 e. The molecule has 98 valence electrons. The molecule has 0 radical (unpaired) electrons. The molecule has 0 aliphatic rings. The molecule has 0 bridgehead atoms. The van der Waals surface area contributed by atoms with Crippen molar-refractivity contribution in [3.05, 3.63) is 53.9 Å². The van der Waals surface area contributed by atoms with Crippen molar-refractivity contribution in [3.63, 3.8) is 0 Å². The average Bonchev–Trinajstić information content (AvgIpc) is 2.44. The van der Waals surface area contributed by atoms with E-state index in [1.165, 1.54) is 6.20 Å². The number of hydrogen-bond acceptors (Lipinski definition) is 4. The molecule has 0 unspecified atom stereocenters. The van der Waals surface area contributed by atoms with Crippen LogP contribution in [0.2, 0.25) is 0 Å². The van der Waals surface area contributed by atoms with Gasteiger partial charge in [0.2, 0.25) is 0 Å². The standard InChI is InChI=1S/C15H16N2O2/c1-2-6-19-14-8-12(9-17-10-14)15(18)11-4-3-5-13(16)7-11/h3-5,7-10H,2,6,16H2,1H3. The first kappa shape index (κ1) is 13.1. The van der Waals surface area contributed by atoms with Crippen LogP contribution in [0.3, 0.4) is 0 Å². The second-order valence-electron chi connectivity index (χ2n) is 4.21. The van der Waals surface area contributed by atoms with E-state index >= 15 is 0 Å². The van der Waals surface area contributed by atoms with Crippen molar-refractivity contribution in [3.8, 4) is 5.75 Å². The van der Waals surface area contributed by atoms with Gasteiger partial charge in [0.1, 0.15) is 5.75 Å². The summed E-state index contributed by atoms with van der Waals surface area (Å²) < 4.78 is 5.47. The van der Waals surface area contributed by atoms with Crippen LogP contribution in [0.1, 0.15) is 29.3 Å². The van der Waals surface area contributed by atoms with Crippen molar-refractivity contribution in [2.24, 2.45) is 0 Å². The molecule has 1 heterocycles. The van der Waals surface area contributed by atoms with Crippen LogP contribution >= 0.6 is 0 Å². The molecule has 0 amide bonds. The maximum Gasteiger partial charge on any atom is 0.194 e. The maximum absolute atomic E-state index is 12.3. The maximum atomic E-state index is 12.3. The highest BCUT2D eigenvalue weighted by Gasteiger charge is 2.10. The lowest BCUT2D eigenvalue weighted by Crippen LogP contribution is -2.04. The molecule has 4 heteroatoms. The molecule has 0 aliphatic carbocycles. The summed E-state index contributed by atoms with van der Waals surface area (Å²) in [5, 5.41) is 0. The SMILES string of the molecule is CCCOc1cncc(C(=O)c2cccc(N)c2)c1. The van der Waals surface area contributed by atoms with E-state index in [1.807, 2.05) is 6.92 Å². The van der Waals surface area contributed by atoms with E-state index in [2.05, 4.69) is 4.98 Å². The molecule has 2 N–H and O–H groups in total. The Kier molecular flexibility index (Phi) is 4.13. The van der Waals surface area contributed by atoms with Gasteiger partial charge in [-0.25, -0.2) is 0 Å². The van der Waals surface area contributed by atoms with Gasteiger partial charge in [-0.1, -0.05) is 19.1 Å². The Labute approximate surface area is 112 Å². The zero-order chi connectivity index (χ0) is 13.7. The van der Waals surface area contributed by atoms with E-state index in [9.17, 15) is 4.79 Å². The fourth-order valence-electron chi connectivity index (χ4n) is 1.69. The topological polar surface area (TPSA) is 65.2 Å². The number of hydrogen-bond donors (Lipinski definition) is 1. The first-order chi connectivity index (χ1) is 9.20. The minimum atomic E-state index is -0.109. The zero-order valence-corrected chi connectivity index (χ0v) is 10.8. The third-order valence-electron chi connectivity index (χ3n) is 2.60.